The summed E-state index contributed by atoms with van der Waals surface area (Å²) < 4.78 is 0. The molecule has 0 aliphatic heterocycles. The second kappa shape index (κ2) is 4.67. The number of hydrogen-bond acceptors (Lipinski definition) is 4. The third kappa shape index (κ3) is 2.14. The van der Waals surface area contributed by atoms with Gasteiger partial charge in [-0.15, -0.1) is 11.3 Å². The second-order valence-electron chi connectivity index (χ2n) is 5.81. The lowest BCUT2D eigenvalue weighted by molar-refractivity contribution is 0.0269. The number of thiazole rings is 1. The maximum Gasteiger partial charge on any atom is 0.0795 e. The van der Waals surface area contributed by atoms with Gasteiger partial charge in [-0.2, -0.15) is 0 Å². The van der Waals surface area contributed by atoms with E-state index in [4.69, 9.17) is 5.73 Å². The number of nitrogens with two attached hydrogens (primary N) is 1. The molecule has 1 fully saturated rings. The van der Waals surface area contributed by atoms with Crippen LogP contribution >= 0.6 is 11.3 Å². The maximum absolute atomic E-state index is 6.11. The molecule has 96 valence electrons. The van der Waals surface area contributed by atoms with Crippen LogP contribution < -0.4 is 5.73 Å². The fourth-order valence-corrected chi connectivity index (χ4v) is 3.90. The summed E-state index contributed by atoms with van der Waals surface area (Å²) in [5, 5.41) is 2.13. The minimum absolute atomic E-state index is 0.136. The minimum Gasteiger partial charge on any atom is -0.329 e. The molecule has 0 aromatic carbocycles. The first kappa shape index (κ1) is 13.0. The van der Waals surface area contributed by atoms with Crippen molar-refractivity contribution in [1.82, 2.24) is 9.88 Å². The molecule has 1 aliphatic rings. The normalized spacial score (nSPS) is 27.8. The van der Waals surface area contributed by atoms with Gasteiger partial charge in [0.15, 0.2) is 0 Å². The van der Waals surface area contributed by atoms with Crippen molar-refractivity contribution in [2.45, 2.75) is 45.2 Å². The molecule has 1 heterocycles. The van der Waals surface area contributed by atoms with E-state index in [1.807, 2.05) is 5.51 Å². The Hall–Kier alpha value is -0.450. The molecular weight excluding hydrogens is 230 g/mol. The van der Waals surface area contributed by atoms with Gasteiger partial charge >= 0.3 is 0 Å². The zero-order valence-corrected chi connectivity index (χ0v) is 11.9. The largest absolute Gasteiger partial charge is 0.329 e. The van der Waals surface area contributed by atoms with Crippen molar-refractivity contribution in [1.29, 1.82) is 0 Å². The Bertz CT molecular complexity index is 361. The van der Waals surface area contributed by atoms with Gasteiger partial charge in [-0.25, -0.2) is 4.98 Å². The van der Waals surface area contributed by atoms with Crippen molar-refractivity contribution in [2.24, 2.45) is 11.1 Å². The molecule has 0 spiro atoms. The van der Waals surface area contributed by atoms with Gasteiger partial charge in [0.1, 0.15) is 0 Å². The molecule has 1 atom stereocenters. The highest BCUT2D eigenvalue weighted by Gasteiger charge is 2.50. The molecule has 1 aliphatic carbocycles. The van der Waals surface area contributed by atoms with E-state index >= 15 is 0 Å². The monoisotopic (exact) mass is 253 g/mol. The zero-order valence-electron chi connectivity index (χ0n) is 11.1. The lowest BCUT2D eigenvalue weighted by Crippen LogP contribution is -2.58. The molecule has 0 bridgehead atoms. The first-order valence-corrected chi connectivity index (χ1v) is 7.24. The molecule has 2 rings (SSSR count). The molecule has 0 saturated heterocycles. The Labute approximate surface area is 108 Å². The third-order valence-electron chi connectivity index (χ3n) is 4.60. The highest BCUT2D eigenvalue weighted by atomic mass is 32.1. The SMILES string of the molecule is CN(Cc1cscn1)C1(CN)CCCC1(C)C. The number of aromatic nitrogens is 1. The van der Waals surface area contributed by atoms with Crippen LogP contribution in [-0.2, 0) is 6.54 Å². The van der Waals surface area contributed by atoms with Gasteiger partial charge in [0.2, 0.25) is 0 Å². The van der Waals surface area contributed by atoms with E-state index in [1.54, 1.807) is 11.3 Å². The van der Waals surface area contributed by atoms with Crippen LogP contribution in [0.25, 0.3) is 0 Å². The van der Waals surface area contributed by atoms with Gasteiger partial charge in [-0.1, -0.05) is 20.3 Å². The molecule has 0 amide bonds. The predicted octanol–water partition coefficient (Wildman–Crippen LogP) is 2.48. The van der Waals surface area contributed by atoms with Gasteiger partial charge in [0.25, 0.3) is 0 Å². The lowest BCUT2D eigenvalue weighted by atomic mass is 9.73. The van der Waals surface area contributed by atoms with Crippen LogP contribution in [0.4, 0.5) is 0 Å². The van der Waals surface area contributed by atoms with Crippen LogP contribution in [0, 0.1) is 5.41 Å². The number of nitrogens with zero attached hydrogens (tertiary/aromatic N) is 2. The molecule has 1 aromatic rings. The van der Waals surface area contributed by atoms with E-state index < -0.39 is 0 Å². The quantitative estimate of drug-likeness (QED) is 0.896. The Morgan fingerprint density at radius 2 is 2.24 bits per heavy atom. The minimum atomic E-state index is 0.136. The van der Waals surface area contributed by atoms with Crippen LogP contribution in [-0.4, -0.2) is 29.0 Å². The Morgan fingerprint density at radius 1 is 1.47 bits per heavy atom. The van der Waals surface area contributed by atoms with E-state index in [9.17, 15) is 0 Å². The van der Waals surface area contributed by atoms with Gasteiger partial charge in [-0.05, 0) is 25.3 Å². The molecular formula is C13H23N3S. The van der Waals surface area contributed by atoms with E-state index in [2.05, 4.69) is 36.2 Å². The molecule has 3 nitrogen and oxygen atoms in total. The standard InChI is InChI=1S/C13H23N3S/c1-12(2)5-4-6-13(12,9-14)16(3)7-11-8-17-10-15-11/h8,10H,4-7,9,14H2,1-3H3. The Morgan fingerprint density at radius 3 is 2.71 bits per heavy atom. The Balaban J connectivity index is 2.18. The maximum atomic E-state index is 6.11. The van der Waals surface area contributed by atoms with Crippen LogP contribution in [0.15, 0.2) is 10.9 Å². The first-order chi connectivity index (χ1) is 8.02. The molecule has 4 heteroatoms. The summed E-state index contributed by atoms with van der Waals surface area (Å²) in [6.45, 7) is 6.35. The van der Waals surface area contributed by atoms with Crippen molar-refractivity contribution in [3.05, 3.63) is 16.6 Å². The molecule has 1 unspecified atom stereocenters. The van der Waals surface area contributed by atoms with Gasteiger partial charge in [0.05, 0.1) is 11.2 Å². The lowest BCUT2D eigenvalue weighted by Gasteiger charge is -2.47. The van der Waals surface area contributed by atoms with E-state index in [0.717, 1.165) is 18.8 Å². The van der Waals surface area contributed by atoms with Gasteiger partial charge in [0, 0.05) is 24.0 Å². The summed E-state index contributed by atoms with van der Waals surface area (Å²) in [6.07, 6.45) is 3.76. The second-order valence-corrected chi connectivity index (χ2v) is 6.53. The summed E-state index contributed by atoms with van der Waals surface area (Å²) in [5.41, 5.74) is 9.61. The fraction of sp³-hybridized carbons (Fsp3) is 0.769. The summed E-state index contributed by atoms with van der Waals surface area (Å²) in [5.74, 6) is 0. The summed E-state index contributed by atoms with van der Waals surface area (Å²) in [4.78, 5) is 6.80. The molecule has 0 radical (unpaired) electrons. The average molecular weight is 253 g/mol. The summed E-state index contributed by atoms with van der Waals surface area (Å²) in [6, 6.07) is 0. The van der Waals surface area contributed by atoms with Gasteiger partial charge < -0.3 is 5.73 Å². The highest BCUT2D eigenvalue weighted by molar-refractivity contribution is 7.07. The molecule has 1 aromatic heterocycles. The number of likely N-dealkylation sites (N-methyl/N-ethyl adjacent to an activating group) is 1. The van der Waals surface area contributed by atoms with E-state index in [1.165, 1.54) is 19.3 Å². The molecule has 2 N–H and O–H groups in total. The molecule has 17 heavy (non-hydrogen) atoms. The summed E-state index contributed by atoms with van der Waals surface area (Å²) >= 11 is 1.66. The zero-order chi connectivity index (χ0) is 12.5. The number of hydrogen-bond donors (Lipinski definition) is 1. The predicted molar refractivity (Wildman–Crippen MR) is 73.0 cm³/mol. The highest BCUT2D eigenvalue weighted by Crippen LogP contribution is 2.48. The van der Waals surface area contributed by atoms with E-state index in [0.29, 0.717) is 5.41 Å². The van der Waals surface area contributed by atoms with Crippen LogP contribution in [0.5, 0.6) is 0 Å². The van der Waals surface area contributed by atoms with Crippen molar-refractivity contribution >= 4 is 11.3 Å². The van der Waals surface area contributed by atoms with Crippen molar-refractivity contribution < 1.29 is 0 Å². The van der Waals surface area contributed by atoms with Crippen molar-refractivity contribution in [3.63, 3.8) is 0 Å². The molecule has 1 saturated carbocycles. The van der Waals surface area contributed by atoms with Gasteiger partial charge in [-0.3, -0.25) is 4.90 Å². The fourth-order valence-electron chi connectivity index (χ4n) is 3.35. The first-order valence-electron chi connectivity index (χ1n) is 6.30. The van der Waals surface area contributed by atoms with Crippen LogP contribution in [0.3, 0.4) is 0 Å². The summed E-state index contributed by atoms with van der Waals surface area (Å²) in [7, 11) is 2.19. The topological polar surface area (TPSA) is 42.2 Å². The van der Waals surface area contributed by atoms with E-state index in [-0.39, 0.29) is 5.54 Å². The van der Waals surface area contributed by atoms with Crippen molar-refractivity contribution in [3.8, 4) is 0 Å². The van der Waals surface area contributed by atoms with Crippen LogP contribution in [0.2, 0.25) is 0 Å². The van der Waals surface area contributed by atoms with Crippen molar-refractivity contribution in [2.75, 3.05) is 13.6 Å². The smallest absolute Gasteiger partial charge is 0.0795 e. The Kier molecular flexibility index (Phi) is 3.57. The van der Waals surface area contributed by atoms with Crippen LogP contribution in [0.1, 0.15) is 38.8 Å². The average Bonchev–Trinajstić information content (AvgIpc) is 2.85. The number of rotatable bonds is 4. The third-order valence-corrected chi connectivity index (χ3v) is 5.24.